The van der Waals surface area contributed by atoms with Gasteiger partial charge in [-0.2, -0.15) is 0 Å². The number of nitrogen functional groups attached to an aromatic ring is 1. The van der Waals surface area contributed by atoms with Crippen molar-refractivity contribution in [1.82, 2.24) is 10.6 Å². The first kappa shape index (κ1) is 17.2. The first-order chi connectivity index (χ1) is 9.90. The molecule has 0 fully saturated rings. The highest BCUT2D eigenvalue weighted by Gasteiger charge is 2.09. The number of hydrogen-bond acceptors (Lipinski definition) is 4. The van der Waals surface area contributed by atoms with Crippen molar-refractivity contribution >= 4 is 28.3 Å². The van der Waals surface area contributed by atoms with Gasteiger partial charge < -0.3 is 16.4 Å². The summed E-state index contributed by atoms with van der Waals surface area (Å²) in [6.45, 7) is 2.22. The minimum absolute atomic E-state index is 0.0367. The number of rotatable bonds is 7. The average molecular weight is 311 g/mol. The van der Waals surface area contributed by atoms with Crippen LogP contribution in [0.25, 0.3) is 0 Å². The molecule has 0 saturated heterocycles. The number of carbonyl (C=O) groups excluding carboxylic acids is 2. The number of benzene rings is 1. The van der Waals surface area contributed by atoms with Crippen LogP contribution < -0.4 is 16.4 Å². The van der Waals surface area contributed by atoms with E-state index >= 15 is 0 Å². The second-order valence-corrected chi connectivity index (χ2v) is 6.55. The number of nitrogens with two attached hydrogens (primary N) is 1. The summed E-state index contributed by atoms with van der Waals surface area (Å²) in [7, 11) is -0.894. The molecule has 1 rings (SSSR count). The summed E-state index contributed by atoms with van der Waals surface area (Å²) >= 11 is 0. The van der Waals surface area contributed by atoms with Gasteiger partial charge in [0.15, 0.2) is 0 Å². The molecule has 0 aliphatic carbocycles. The van der Waals surface area contributed by atoms with Gasteiger partial charge in [0.05, 0.1) is 6.54 Å². The second kappa shape index (κ2) is 8.41. The van der Waals surface area contributed by atoms with Crippen LogP contribution in [0.15, 0.2) is 24.3 Å². The van der Waals surface area contributed by atoms with Gasteiger partial charge >= 0.3 is 0 Å². The average Bonchev–Trinajstić information content (AvgIpc) is 2.45. The van der Waals surface area contributed by atoms with Crippen molar-refractivity contribution < 1.29 is 13.8 Å². The largest absolute Gasteiger partial charge is 0.399 e. The first-order valence-electron chi connectivity index (χ1n) is 6.63. The van der Waals surface area contributed by atoms with Gasteiger partial charge in [0.25, 0.3) is 5.91 Å². The molecule has 0 heterocycles. The molecule has 21 heavy (non-hydrogen) atoms. The molecule has 2 atom stereocenters. The molecule has 2 unspecified atom stereocenters. The second-order valence-electron chi connectivity index (χ2n) is 4.75. The number of carbonyl (C=O) groups is 2. The van der Waals surface area contributed by atoms with Crippen LogP contribution in [-0.4, -0.2) is 40.6 Å². The summed E-state index contributed by atoms with van der Waals surface area (Å²) in [6, 6.07) is 6.45. The third-order valence-electron chi connectivity index (χ3n) is 3.02. The van der Waals surface area contributed by atoms with E-state index in [1.807, 2.05) is 6.92 Å². The Kier molecular flexibility index (Phi) is 6.87. The summed E-state index contributed by atoms with van der Waals surface area (Å²) in [5.74, 6) is -0.596. The van der Waals surface area contributed by atoms with E-state index in [4.69, 9.17) is 5.73 Å². The fourth-order valence-corrected chi connectivity index (χ4v) is 1.99. The van der Waals surface area contributed by atoms with E-state index in [9.17, 15) is 13.8 Å². The lowest BCUT2D eigenvalue weighted by Gasteiger charge is -2.10. The van der Waals surface area contributed by atoms with Crippen LogP contribution in [0.5, 0.6) is 0 Å². The molecule has 1 aromatic carbocycles. The fraction of sp³-hybridized carbons (Fsp3) is 0.429. The van der Waals surface area contributed by atoms with Crippen molar-refractivity contribution in [1.29, 1.82) is 0 Å². The molecule has 1 aromatic rings. The van der Waals surface area contributed by atoms with E-state index in [-0.39, 0.29) is 23.6 Å². The smallest absolute Gasteiger partial charge is 0.251 e. The Bertz CT molecular complexity index is 517. The van der Waals surface area contributed by atoms with E-state index in [1.165, 1.54) is 0 Å². The third kappa shape index (κ3) is 6.40. The molecular formula is C14H21N3O3S. The first-order valence-corrected chi connectivity index (χ1v) is 8.25. The molecule has 4 N–H and O–H groups in total. The molecule has 0 saturated carbocycles. The standard InChI is InChI=1S/C14H21N3O3S/c1-10(21(2)20)7-8-16-13(18)9-17-14(19)11-3-5-12(15)6-4-11/h3-6,10H,7-9,15H2,1-2H3,(H,16,18)(H,17,19). The Morgan fingerprint density at radius 2 is 1.86 bits per heavy atom. The van der Waals surface area contributed by atoms with E-state index in [0.29, 0.717) is 24.2 Å². The molecule has 0 aliphatic heterocycles. The Balaban J connectivity index is 2.28. The van der Waals surface area contributed by atoms with Gasteiger partial charge in [-0.25, -0.2) is 0 Å². The normalized spacial score (nSPS) is 13.2. The van der Waals surface area contributed by atoms with Gasteiger partial charge in [-0.1, -0.05) is 6.92 Å². The van der Waals surface area contributed by atoms with Crippen molar-refractivity contribution in [3.05, 3.63) is 29.8 Å². The van der Waals surface area contributed by atoms with Crippen molar-refractivity contribution in [2.45, 2.75) is 18.6 Å². The lowest BCUT2D eigenvalue weighted by Crippen LogP contribution is -2.38. The Hall–Kier alpha value is -1.89. The molecule has 7 heteroatoms. The van der Waals surface area contributed by atoms with Crippen molar-refractivity contribution in [2.24, 2.45) is 0 Å². The highest BCUT2D eigenvalue weighted by Crippen LogP contribution is 2.04. The zero-order valence-corrected chi connectivity index (χ0v) is 13.0. The minimum Gasteiger partial charge on any atom is -0.399 e. The SMILES string of the molecule is CC(CCNC(=O)CNC(=O)c1ccc(N)cc1)S(C)=O. The van der Waals surface area contributed by atoms with E-state index in [2.05, 4.69) is 10.6 Å². The highest BCUT2D eigenvalue weighted by molar-refractivity contribution is 7.84. The summed E-state index contributed by atoms with van der Waals surface area (Å²) < 4.78 is 11.1. The highest BCUT2D eigenvalue weighted by atomic mass is 32.2. The number of hydrogen-bond donors (Lipinski definition) is 3. The van der Waals surface area contributed by atoms with Gasteiger partial charge in [0, 0.05) is 40.1 Å². The lowest BCUT2D eigenvalue weighted by atomic mass is 10.2. The molecule has 0 bridgehead atoms. The van der Waals surface area contributed by atoms with Gasteiger partial charge in [0.2, 0.25) is 5.91 Å². The van der Waals surface area contributed by atoms with Gasteiger partial charge in [-0.3, -0.25) is 13.8 Å². The molecule has 0 spiro atoms. The van der Waals surface area contributed by atoms with Crippen LogP contribution in [0.2, 0.25) is 0 Å². The Morgan fingerprint density at radius 3 is 2.43 bits per heavy atom. The van der Waals surface area contributed by atoms with Gasteiger partial charge in [0.1, 0.15) is 0 Å². The van der Waals surface area contributed by atoms with Crippen LogP contribution in [-0.2, 0) is 15.6 Å². The van der Waals surface area contributed by atoms with E-state index < -0.39 is 10.8 Å². The van der Waals surface area contributed by atoms with Crippen LogP contribution in [0.3, 0.4) is 0 Å². The molecule has 6 nitrogen and oxygen atoms in total. The van der Waals surface area contributed by atoms with Crippen molar-refractivity contribution in [3.8, 4) is 0 Å². The maximum atomic E-state index is 11.8. The molecule has 116 valence electrons. The van der Waals surface area contributed by atoms with Crippen LogP contribution in [0, 0.1) is 0 Å². The minimum atomic E-state index is -0.894. The van der Waals surface area contributed by atoms with Crippen molar-refractivity contribution in [2.75, 3.05) is 25.1 Å². The number of amides is 2. The maximum absolute atomic E-state index is 11.8. The summed E-state index contributed by atoms with van der Waals surface area (Å²) in [4.78, 5) is 23.3. The van der Waals surface area contributed by atoms with Crippen LogP contribution in [0.4, 0.5) is 5.69 Å². The number of anilines is 1. The summed E-state index contributed by atoms with van der Waals surface area (Å²) in [5.41, 5.74) is 6.56. The maximum Gasteiger partial charge on any atom is 0.251 e. The van der Waals surface area contributed by atoms with Crippen LogP contribution >= 0.6 is 0 Å². The zero-order valence-electron chi connectivity index (χ0n) is 12.2. The lowest BCUT2D eigenvalue weighted by molar-refractivity contribution is -0.120. The van der Waals surface area contributed by atoms with Gasteiger partial charge in [-0.05, 0) is 30.7 Å². The zero-order chi connectivity index (χ0) is 15.8. The molecular weight excluding hydrogens is 290 g/mol. The predicted octanol–water partition coefficient (Wildman–Crippen LogP) is 0.272. The summed E-state index contributed by atoms with van der Waals surface area (Å²) in [6.07, 6.45) is 2.28. The topological polar surface area (TPSA) is 101 Å². The molecule has 0 aromatic heterocycles. The molecule has 2 amide bonds. The quantitative estimate of drug-likeness (QED) is 0.629. The molecule has 0 aliphatic rings. The number of nitrogens with one attached hydrogen (secondary N) is 2. The molecule has 0 radical (unpaired) electrons. The predicted molar refractivity (Wildman–Crippen MR) is 84.3 cm³/mol. The Labute approximate surface area is 126 Å². The fourth-order valence-electron chi connectivity index (χ4n) is 1.54. The van der Waals surface area contributed by atoms with Crippen molar-refractivity contribution in [3.63, 3.8) is 0 Å². The summed E-state index contributed by atoms with van der Waals surface area (Å²) in [5, 5.41) is 5.24. The third-order valence-corrected chi connectivity index (χ3v) is 4.39. The monoisotopic (exact) mass is 311 g/mol. The van der Waals surface area contributed by atoms with Gasteiger partial charge in [-0.15, -0.1) is 0 Å². The van der Waals surface area contributed by atoms with E-state index in [1.54, 1.807) is 30.5 Å². The Morgan fingerprint density at radius 1 is 1.24 bits per heavy atom. The van der Waals surface area contributed by atoms with E-state index in [0.717, 1.165) is 0 Å². The van der Waals surface area contributed by atoms with Crippen LogP contribution in [0.1, 0.15) is 23.7 Å².